The van der Waals surface area contributed by atoms with E-state index < -0.39 is 0 Å². The Morgan fingerprint density at radius 2 is 2.04 bits per heavy atom. The third-order valence-electron chi connectivity index (χ3n) is 4.04. The van der Waals surface area contributed by atoms with Crippen molar-refractivity contribution in [1.82, 2.24) is 25.4 Å². The van der Waals surface area contributed by atoms with Crippen LogP contribution in [0.1, 0.15) is 24.8 Å². The maximum atomic E-state index is 12.1. The van der Waals surface area contributed by atoms with Gasteiger partial charge >= 0.3 is 0 Å². The zero-order valence-corrected chi connectivity index (χ0v) is 15.2. The van der Waals surface area contributed by atoms with Crippen LogP contribution in [0.2, 0.25) is 0 Å². The fourth-order valence-corrected chi connectivity index (χ4v) is 2.70. The molecule has 0 bridgehead atoms. The number of carbonyl (C=O) groups is 2. The SMILES string of the molecule is Cl.O=C(Cn1cnc(NC(=O)C2CCCCN2)n1)NCc1ccccc1. The summed E-state index contributed by atoms with van der Waals surface area (Å²) in [6.07, 6.45) is 4.38. The van der Waals surface area contributed by atoms with Crippen LogP contribution in [-0.2, 0) is 22.7 Å². The minimum Gasteiger partial charge on any atom is -0.350 e. The summed E-state index contributed by atoms with van der Waals surface area (Å²) in [5, 5.41) is 12.8. The Kier molecular flexibility index (Phi) is 7.55. The van der Waals surface area contributed by atoms with E-state index in [-0.39, 0.29) is 42.8 Å². The number of halogens is 1. The van der Waals surface area contributed by atoms with Gasteiger partial charge in [0.05, 0.1) is 6.04 Å². The molecule has 1 saturated heterocycles. The first-order valence-corrected chi connectivity index (χ1v) is 8.45. The van der Waals surface area contributed by atoms with Gasteiger partial charge in [-0.2, -0.15) is 0 Å². The van der Waals surface area contributed by atoms with Gasteiger partial charge in [-0.1, -0.05) is 36.8 Å². The number of piperidine rings is 1. The van der Waals surface area contributed by atoms with Crippen LogP contribution < -0.4 is 16.0 Å². The molecule has 3 N–H and O–H groups in total. The molecule has 26 heavy (non-hydrogen) atoms. The molecular weight excluding hydrogens is 356 g/mol. The van der Waals surface area contributed by atoms with Crippen LogP contribution in [0.4, 0.5) is 5.95 Å². The maximum Gasteiger partial charge on any atom is 0.248 e. The van der Waals surface area contributed by atoms with Gasteiger partial charge < -0.3 is 10.6 Å². The summed E-state index contributed by atoms with van der Waals surface area (Å²) in [6.45, 7) is 1.37. The average Bonchev–Trinajstić information content (AvgIpc) is 3.08. The van der Waals surface area contributed by atoms with Gasteiger partial charge in [-0.05, 0) is 24.9 Å². The van der Waals surface area contributed by atoms with Crippen molar-refractivity contribution < 1.29 is 9.59 Å². The molecule has 0 aliphatic carbocycles. The monoisotopic (exact) mass is 378 g/mol. The molecule has 1 fully saturated rings. The van der Waals surface area contributed by atoms with Crippen LogP contribution in [0.5, 0.6) is 0 Å². The summed E-state index contributed by atoms with van der Waals surface area (Å²) in [4.78, 5) is 28.1. The molecule has 1 aliphatic rings. The number of nitrogens with one attached hydrogen (secondary N) is 3. The lowest BCUT2D eigenvalue weighted by Gasteiger charge is -2.21. The molecule has 1 aromatic carbocycles. The van der Waals surface area contributed by atoms with E-state index in [2.05, 4.69) is 26.0 Å². The van der Waals surface area contributed by atoms with Crippen molar-refractivity contribution in [3.8, 4) is 0 Å². The van der Waals surface area contributed by atoms with Gasteiger partial charge in [0, 0.05) is 6.54 Å². The summed E-state index contributed by atoms with van der Waals surface area (Å²) < 4.78 is 1.41. The molecule has 0 spiro atoms. The van der Waals surface area contributed by atoms with E-state index in [1.807, 2.05) is 30.3 Å². The van der Waals surface area contributed by atoms with Crippen LogP contribution in [0.25, 0.3) is 0 Å². The normalized spacial score (nSPS) is 16.4. The first kappa shape index (κ1) is 19.9. The Bertz CT molecular complexity index is 715. The van der Waals surface area contributed by atoms with Crippen molar-refractivity contribution in [2.45, 2.75) is 38.4 Å². The number of rotatable bonds is 6. The molecule has 1 aromatic heterocycles. The predicted molar refractivity (Wildman–Crippen MR) is 99.8 cm³/mol. The van der Waals surface area contributed by atoms with Crippen LogP contribution >= 0.6 is 12.4 Å². The zero-order valence-electron chi connectivity index (χ0n) is 14.4. The van der Waals surface area contributed by atoms with Crippen LogP contribution in [0.3, 0.4) is 0 Å². The quantitative estimate of drug-likeness (QED) is 0.698. The molecule has 8 nitrogen and oxygen atoms in total. The van der Waals surface area contributed by atoms with Gasteiger partial charge in [-0.15, -0.1) is 17.5 Å². The first-order chi connectivity index (χ1) is 12.2. The molecule has 1 unspecified atom stereocenters. The molecule has 2 heterocycles. The summed E-state index contributed by atoms with van der Waals surface area (Å²) in [7, 11) is 0. The number of amides is 2. The Morgan fingerprint density at radius 3 is 2.77 bits per heavy atom. The highest BCUT2D eigenvalue weighted by molar-refractivity contribution is 5.93. The van der Waals surface area contributed by atoms with E-state index in [0.717, 1.165) is 31.4 Å². The van der Waals surface area contributed by atoms with Crippen molar-refractivity contribution in [2.75, 3.05) is 11.9 Å². The number of hydrogen-bond donors (Lipinski definition) is 3. The second-order valence-electron chi connectivity index (χ2n) is 6.02. The highest BCUT2D eigenvalue weighted by Crippen LogP contribution is 2.08. The first-order valence-electron chi connectivity index (χ1n) is 8.45. The van der Waals surface area contributed by atoms with Gasteiger partial charge in [0.1, 0.15) is 12.9 Å². The third kappa shape index (κ3) is 5.82. The maximum absolute atomic E-state index is 12.1. The van der Waals surface area contributed by atoms with Crippen molar-refractivity contribution in [1.29, 1.82) is 0 Å². The summed E-state index contributed by atoms with van der Waals surface area (Å²) >= 11 is 0. The van der Waals surface area contributed by atoms with Gasteiger partial charge in [-0.3, -0.25) is 14.9 Å². The molecule has 3 rings (SSSR count). The number of nitrogens with zero attached hydrogens (tertiary/aromatic N) is 3. The van der Waals surface area contributed by atoms with Crippen molar-refractivity contribution >= 4 is 30.2 Å². The molecule has 2 aromatic rings. The van der Waals surface area contributed by atoms with E-state index in [4.69, 9.17) is 0 Å². The molecule has 0 radical (unpaired) electrons. The van der Waals surface area contributed by atoms with E-state index >= 15 is 0 Å². The second kappa shape index (κ2) is 9.88. The zero-order chi connectivity index (χ0) is 17.5. The lowest BCUT2D eigenvalue weighted by atomic mass is 10.0. The Labute approximate surface area is 158 Å². The predicted octanol–water partition coefficient (Wildman–Crippen LogP) is 1.10. The Hall–Kier alpha value is -2.45. The Morgan fingerprint density at radius 1 is 1.23 bits per heavy atom. The molecular formula is C17H23ClN6O2. The number of hydrogen-bond acceptors (Lipinski definition) is 5. The van der Waals surface area contributed by atoms with E-state index in [0.29, 0.717) is 6.54 Å². The highest BCUT2D eigenvalue weighted by atomic mass is 35.5. The van der Waals surface area contributed by atoms with Crippen LogP contribution in [0, 0.1) is 0 Å². The number of carbonyl (C=O) groups excluding carboxylic acids is 2. The summed E-state index contributed by atoms with van der Waals surface area (Å²) in [6, 6.07) is 9.48. The average molecular weight is 379 g/mol. The second-order valence-corrected chi connectivity index (χ2v) is 6.02. The molecule has 9 heteroatoms. The fourth-order valence-electron chi connectivity index (χ4n) is 2.70. The van der Waals surface area contributed by atoms with Crippen molar-refractivity contribution in [3.05, 3.63) is 42.2 Å². The molecule has 1 atom stereocenters. The molecule has 0 saturated carbocycles. The number of benzene rings is 1. The van der Waals surface area contributed by atoms with Gasteiger partial charge in [0.15, 0.2) is 0 Å². The van der Waals surface area contributed by atoms with Crippen LogP contribution in [0.15, 0.2) is 36.7 Å². The molecule has 140 valence electrons. The summed E-state index contributed by atoms with van der Waals surface area (Å²) in [5.41, 5.74) is 1.03. The lowest BCUT2D eigenvalue weighted by molar-refractivity contribution is -0.122. The Balaban J connectivity index is 0.00000243. The van der Waals surface area contributed by atoms with Crippen molar-refractivity contribution in [3.63, 3.8) is 0 Å². The van der Waals surface area contributed by atoms with Gasteiger partial charge in [-0.25, -0.2) is 9.67 Å². The van der Waals surface area contributed by atoms with Crippen LogP contribution in [-0.4, -0.2) is 39.2 Å². The fraction of sp³-hybridized carbons (Fsp3) is 0.412. The third-order valence-corrected chi connectivity index (χ3v) is 4.04. The molecule has 2 amide bonds. The van der Waals surface area contributed by atoms with Crippen molar-refractivity contribution in [2.24, 2.45) is 0 Å². The minimum absolute atomic E-state index is 0. The highest BCUT2D eigenvalue weighted by Gasteiger charge is 2.21. The molecule has 1 aliphatic heterocycles. The van der Waals surface area contributed by atoms with E-state index in [9.17, 15) is 9.59 Å². The van der Waals surface area contributed by atoms with E-state index in [1.165, 1.54) is 11.0 Å². The lowest BCUT2D eigenvalue weighted by Crippen LogP contribution is -2.43. The number of anilines is 1. The van der Waals surface area contributed by atoms with E-state index in [1.54, 1.807) is 0 Å². The topological polar surface area (TPSA) is 101 Å². The largest absolute Gasteiger partial charge is 0.350 e. The minimum atomic E-state index is -0.199. The number of aromatic nitrogens is 3. The smallest absolute Gasteiger partial charge is 0.248 e. The summed E-state index contributed by atoms with van der Waals surface area (Å²) in [5.74, 6) is -0.0835. The standard InChI is InChI=1S/C17H22N6O2.ClH/c24-15(19-10-13-6-2-1-3-7-13)11-23-12-20-17(22-23)21-16(25)14-8-4-5-9-18-14;/h1-3,6-7,12,14,18H,4-5,8-11H2,(H,19,24)(H,21,22,25);1H. The van der Waals surface area contributed by atoms with Gasteiger partial charge in [0.2, 0.25) is 17.8 Å². The van der Waals surface area contributed by atoms with Gasteiger partial charge in [0.25, 0.3) is 0 Å².